The molecule has 152 valence electrons. The maximum Gasteiger partial charge on any atom is 0.161 e. The molecule has 0 saturated carbocycles. The number of hydrogen-bond donors (Lipinski definition) is 0. The lowest BCUT2D eigenvalue weighted by molar-refractivity contribution is 0.288. The third kappa shape index (κ3) is 6.52. The Morgan fingerprint density at radius 3 is 1.43 bits per heavy atom. The van der Waals surface area contributed by atoms with Gasteiger partial charge in [0.2, 0.25) is 0 Å². The summed E-state index contributed by atoms with van der Waals surface area (Å²) in [4.78, 5) is 0. The highest BCUT2D eigenvalue weighted by Gasteiger charge is 2.06. The van der Waals surface area contributed by atoms with E-state index in [-0.39, 0.29) is 0 Å². The second-order valence-corrected chi connectivity index (χ2v) is 6.56. The Hall–Kier alpha value is -2.62. The van der Waals surface area contributed by atoms with Gasteiger partial charge in [0.15, 0.2) is 23.0 Å². The summed E-state index contributed by atoms with van der Waals surface area (Å²) in [5.41, 5.74) is 2.09. The molecule has 2 aromatic carbocycles. The van der Waals surface area contributed by atoms with Crippen molar-refractivity contribution >= 4 is 12.2 Å². The summed E-state index contributed by atoms with van der Waals surface area (Å²) in [7, 11) is 3.33. The van der Waals surface area contributed by atoms with Crippen LogP contribution in [0.25, 0.3) is 12.2 Å². The van der Waals surface area contributed by atoms with E-state index in [2.05, 4.69) is 13.8 Å². The molecular weight excluding hydrogens is 352 g/mol. The van der Waals surface area contributed by atoms with E-state index in [9.17, 15) is 0 Å². The molecular formula is C24H32O4. The fraction of sp³-hybridized carbons (Fsp3) is 0.417. The molecule has 0 saturated heterocycles. The molecule has 28 heavy (non-hydrogen) atoms. The van der Waals surface area contributed by atoms with Crippen LogP contribution in [0.5, 0.6) is 23.0 Å². The minimum Gasteiger partial charge on any atom is -0.493 e. The quantitative estimate of drug-likeness (QED) is 0.321. The molecule has 2 rings (SSSR count). The van der Waals surface area contributed by atoms with E-state index in [0.29, 0.717) is 13.2 Å². The molecule has 0 unspecified atom stereocenters. The fourth-order valence-electron chi connectivity index (χ4n) is 2.66. The van der Waals surface area contributed by atoms with E-state index in [0.717, 1.165) is 59.8 Å². The molecule has 4 heteroatoms. The van der Waals surface area contributed by atoms with Crippen LogP contribution in [0.1, 0.15) is 50.7 Å². The lowest BCUT2D eigenvalue weighted by atomic mass is 10.1. The van der Waals surface area contributed by atoms with Crippen molar-refractivity contribution in [3.63, 3.8) is 0 Å². The first-order valence-corrected chi connectivity index (χ1v) is 10.0. The van der Waals surface area contributed by atoms with Gasteiger partial charge in [-0.3, -0.25) is 0 Å². The monoisotopic (exact) mass is 384 g/mol. The number of hydrogen-bond acceptors (Lipinski definition) is 4. The molecule has 0 aliphatic rings. The van der Waals surface area contributed by atoms with E-state index in [1.807, 2.05) is 48.6 Å². The van der Waals surface area contributed by atoms with Gasteiger partial charge in [-0.1, -0.05) is 51.0 Å². The summed E-state index contributed by atoms with van der Waals surface area (Å²) in [6.45, 7) is 5.70. The predicted molar refractivity (Wildman–Crippen MR) is 116 cm³/mol. The SMILES string of the molecule is CCCCOc1ccc(/C=C/c2ccc(OCCCC)c(OC)c2)cc1OC. The van der Waals surface area contributed by atoms with Crippen molar-refractivity contribution in [2.75, 3.05) is 27.4 Å². The minimum atomic E-state index is 0.703. The zero-order chi connectivity index (χ0) is 20.2. The molecule has 4 nitrogen and oxygen atoms in total. The maximum absolute atomic E-state index is 5.79. The zero-order valence-corrected chi connectivity index (χ0v) is 17.5. The Balaban J connectivity index is 2.09. The van der Waals surface area contributed by atoms with Crippen molar-refractivity contribution in [3.05, 3.63) is 47.5 Å². The average Bonchev–Trinajstić information content (AvgIpc) is 2.73. The number of methoxy groups -OCH3 is 2. The van der Waals surface area contributed by atoms with Crippen molar-refractivity contribution in [1.82, 2.24) is 0 Å². The van der Waals surface area contributed by atoms with Crippen LogP contribution < -0.4 is 18.9 Å². The van der Waals surface area contributed by atoms with Gasteiger partial charge in [-0.05, 0) is 48.2 Å². The first-order chi connectivity index (χ1) is 13.7. The summed E-state index contributed by atoms with van der Waals surface area (Å²) >= 11 is 0. The van der Waals surface area contributed by atoms with Crippen molar-refractivity contribution in [3.8, 4) is 23.0 Å². The van der Waals surface area contributed by atoms with Gasteiger partial charge in [-0.15, -0.1) is 0 Å². The van der Waals surface area contributed by atoms with Gasteiger partial charge in [-0.2, -0.15) is 0 Å². The van der Waals surface area contributed by atoms with Crippen molar-refractivity contribution in [2.24, 2.45) is 0 Å². The second kappa shape index (κ2) is 12.0. The van der Waals surface area contributed by atoms with Crippen molar-refractivity contribution in [1.29, 1.82) is 0 Å². The van der Waals surface area contributed by atoms with Gasteiger partial charge >= 0.3 is 0 Å². The topological polar surface area (TPSA) is 36.9 Å². The highest BCUT2D eigenvalue weighted by Crippen LogP contribution is 2.31. The van der Waals surface area contributed by atoms with Gasteiger partial charge in [0.1, 0.15) is 0 Å². The highest BCUT2D eigenvalue weighted by molar-refractivity contribution is 5.72. The summed E-state index contributed by atoms with van der Waals surface area (Å²) in [5, 5.41) is 0. The molecule has 0 radical (unpaired) electrons. The zero-order valence-electron chi connectivity index (χ0n) is 17.5. The van der Waals surface area contributed by atoms with Crippen LogP contribution in [-0.2, 0) is 0 Å². The molecule has 0 bridgehead atoms. The van der Waals surface area contributed by atoms with E-state index >= 15 is 0 Å². The predicted octanol–water partition coefficient (Wildman–Crippen LogP) is 6.23. The maximum atomic E-state index is 5.79. The normalized spacial score (nSPS) is 10.9. The van der Waals surface area contributed by atoms with Crippen LogP contribution in [0, 0.1) is 0 Å². The molecule has 0 aromatic heterocycles. The Morgan fingerprint density at radius 2 is 1.07 bits per heavy atom. The van der Waals surface area contributed by atoms with Crippen LogP contribution in [0.3, 0.4) is 0 Å². The first kappa shape index (κ1) is 21.7. The number of unbranched alkanes of at least 4 members (excludes halogenated alkanes) is 2. The molecule has 0 heterocycles. The Kier molecular flexibility index (Phi) is 9.26. The number of ether oxygens (including phenoxy) is 4. The summed E-state index contributed by atoms with van der Waals surface area (Å²) < 4.78 is 22.5. The van der Waals surface area contributed by atoms with Gasteiger partial charge in [0, 0.05) is 0 Å². The molecule has 2 aromatic rings. The van der Waals surface area contributed by atoms with E-state index in [1.54, 1.807) is 14.2 Å². The smallest absolute Gasteiger partial charge is 0.161 e. The van der Waals surface area contributed by atoms with Gasteiger partial charge in [-0.25, -0.2) is 0 Å². The van der Waals surface area contributed by atoms with Crippen molar-refractivity contribution in [2.45, 2.75) is 39.5 Å². The second-order valence-electron chi connectivity index (χ2n) is 6.56. The molecule has 0 aliphatic heterocycles. The van der Waals surface area contributed by atoms with Crippen LogP contribution in [0.2, 0.25) is 0 Å². The van der Waals surface area contributed by atoms with E-state index < -0.39 is 0 Å². The van der Waals surface area contributed by atoms with E-state index in [1.165, 1.54) is 0 Å². The fourth-order valence-corrected chi connectivity index (χ4v) is 2.66. The molecule has 0 aliphatic carbocycles. The van der Waals surface area contributed by atoms with Crippen LogP contribution in [0.4, 0.5) is 0 Å². The summed E-state index contributed by atoms with van der Waals surface area (Å²) in [5.74, 6) is 3.05. The molecule has 0 fully saturated rings. The lowest BCUT2D eigenvalue weighted by Gasteiger charge is -2.11. The molecule has 0 spiro atoms. The number of benzene rings is 2. The Bertz CT molecular complexity index is 689. The third-order valence-electron chi connectivity index (χ3n) is 4.35. The Labute approximate surface area is 169 Å². The lowest BCUT2D eigenvalue weighted by Crippen LogP contribution is -1.99. The van der Waals surface area contributed by atoms with Crippen LogP contribution in [0.15, 0.2) is 36.4 Å². The van der Waals surface area contributed by atoms with E-state index in [4.69, 9.17) is 18.9 Å². The molecule has 0 amide bonds. The average molecular weight is 385 g/mol. The largest absolute Gasteiger partial charge is 0.493 e. The molecule has 0 atom stereocenters. The van der Waals surface area contributed by atoms with Crippen LogP contribution >= 0.6 is 0 Å². The Morgan fingerprint density at radius 1 is 0.643 bits per heavy atom. The highest BCUT2D eigenvalue weighted by atomic mass is 16.5. The summed E-state index contributed by atoms with van der Waals surface area (Å²) in [6.07, 6.45) is 8.37. The minimum absolute atomic E-state index is 0.703. The van der Waals surface area contributed by atoms with Gasteiger partial charge in [0.25, 0.3) is 0 Å². The first-order valence-electron chi connectivity index (χ1n) is 10.0. The van der Waals surface area contributed by atoms with Gasteiger partial charge < -0.3 is 18.9 Å². The third-order valence-corrected chi connectivity index (χ3v) is 4.35. The number of rotatable bonds is 12. The van der Waals surface area contributed by atoms with Crippen molar-refractivity contribution < 1.29 is 18.9 Å². The summed E-state index contributed by atoms with van der Waals surface area (Å²) in [6, 6.07) is 11.9. The molecule has 0 N–H and O–H groups in total. The standard InChI is InChI=1S/C24H32O4/c1-5-7-15-27-21-13-11-19(17-23(21)25-3)9-10-20-12-14-22(24(18-20)26-4)28-16-8-6-2/h9-14,17-18H,5-8,15-16H2,1-4H3/b10-9+. The van der Waals surface area contributed by atoms with Crippen LogP contribution in [-0.4, -0.2) is 27.4 Å². The van der Waals surface area contributed by atoms with Gasteiger partial charge in [0.05, 0.1) is 27.4 Å².